The molecule has 2 rings (SSSR count). The fourth-order valence-corrected chi connectivity index (χ4v) is 3.30. The molecule has 2 aliphatic carbocycles. The summed E-state index contributed by atoms with van der Waals surface area (Å²) >= 11 is 0. The van der Waals surface area contributed by atoms with Gasteiger partial charge in [-0.25, -0.2) is 0 Å². The van der Waals surface area contributed by atoms with Crippen LogP contribution < -0.4 is 0 Å². The summed E-state index contributed by atoms with van der Waals surface area (Å²) < 4.78 is 0. The third-order valence-electron chi connectivity index (χ3n) is 4.23. The van der Waals surface area contributed by atoms with Gasteiger partial charge >= 0.3 is 5.97 Å². The van der Waals surface area contributed by atoms with Gasteiger partial charge in [0.05, 0.1) is 11.5 Å². The third kappa shape index (κ3) is 1.75. The van der Waals surface area contributed by atoms with Crippen LogP contribution in [0.2, 0.25) is 0 Å². The van der Waals surface area contributed by atoms with Gasteiger partial charge < -0.3 is 10.2 Å². The van der Waals surface area contributed by atoms with E-state index in [1.807, 2.05) is 0 Å². The van der Waals surface area contributed by atoms with Crippen molar-refractivity contribution >= 4 is 11.8 Å². The summed E-state index contributed by atoms with van der Waals surface area (Å²) in [6, 6.07) is 0. The molecule has 2 N–H and O–H groups in total. The van der Waals surface area contributed by atoms with E-state index >= 15 is 0 Å². The first-order valence-electron chi connectivity index (χ1n) is 5.99. The Kier molecular flexibility index (Phi) is 3.02. The second-order valence-corrected chi connectivity index (χ2v) is 5.14. The van der Waals surface area contributed by atoms with E-state index < -0.39 is 17.5 Å². The van der Waals surface area contributed by atoms with Crippen LogP contribution in [0.3, 0.4) is 0 Å². The van der Waals surface area contributed by atoms with Gasteiger partial charge in [-0.05, 0) is 19.3 Å². The van der Waals surface area contributed by atoms with Crippen molar-refractivity contribution in [2.24, 2.45) is 11.3 Å². The van der Waals surface area contributed by atoms with Gasteiger partial charge in [0, 0.05) is 18.8 Å². The van der Waals surface area contributed by atoms with Crippen LogP contribution in [0.15, 0.2) is 0 Å². The van der Waals surface area contributed by atoms with Gasteiger partial charge in [-0.1, -0.05) is 12.8 Å². The third-order valence-corrected chi connectivity index (χ3v) is 4.23. The molecule has 0 aliphatic heterocycles. The summed E-state index contributed by atoms with van der Waals surface area (Å²) in [6.07, 6.45) is 3.67. The lowest BCUT2D eigenvalue weighted by Gasteiger charge is -2.39. The Morgan fingerprint density at radius 1 is 1.31 bits per heavy atom. The molecule has 2 saturated carbocycles. The van der Waals surface area contributed by atoms with Crippen molar-refractivity contribution in [2.75, 3.05) is 0 Å². The molecule has 0 aromatic rings. The summed E-state index contributed by atoms with van der Waals surface area (Å²) in [7, 11) is 0. The summed E-state index contributed by atoms with van der Waals surface area (Å²) in [6.45, 7) is 0. The molecular formula is C12H18O4. The first kappa shape index (κ1) is 11.6. The Hall–Kier alpha value is -0.900. The monoisotopic (exact) mass is 226 g/mol. The van der Waals surface area contributed by atoms with Crippen LogP contribution in [0.1, 0.15) is 44.9 Å². The molecule has 0 bridgehead atoms. The smallest absolute Gasteiger partial charge is 0.310 e. The largest absolute Gasteiger partial charge is 0.481 e. The zero-order chi connectivity index (χ0) is 11.8. The minimum absolute atomic E-state index is 0.0279. The van der Waals surface area contributed by atoms with Gasteiger partial charge in [0.1, 0.15) is 5.78 Å². The lowest BCUT2D eigenvalue weighted by Crippen LogP contribution is -2.44. The normalized spacial score (nSPS) is 39.9. The number of aliphatic hydroxyl groups is 1. The Bertz CT molecular complexity index is 312. The Labute approximate surface area is 94.7 Å². The van der Waals surface area contributed by atoms with Gasteiger partial charge in [-0.15, -0.1) is 0 Å². The summed E-state index contributed by atoms with van der Waals surface area (Å²) in [5, 5.41) is 19.3. The maximum Gasteiger partial charge on any atom is 0.310 e. The number of carbonyl (C=O) groups is 2. The van der Waals surface area contributed by atoms with E-state index in [1.165, 1.54) is 0 Å². The second-order valence-electron chi connectivity index (χ2n) is 5.14. The van der Waals surface area contributed by atoms with E-state index in [-0.39, 0.29) is 18.1 Å². The van der Waals surface area contributed by atoms with E-state index in [0.717, 1.165) is 19.3 Å². The van der Waals surface area contributed by atoms with E-state index in [1.54, 1.807) is 0 Å². The standard InChI is InChI=1S/C12H18O4/c13-8-5-6-12(7-8,11(15)16)9-3-1-2-4-10(9)14/h9-10,14H,1-7H2,(H,15,16). The number of rotatable bonds is 2. The molecule has 90 valence electrons. The molecule has 4 heteroatoms. The molecule has 0 heterocycles. The molecule has 0 amide bonds. The number of ketones is 1. The molecule has 2 fully saturated rings. The van der Waals surface area contributed by atoms with Gasteiger partial charge in [0.25, 0.3) is 0 Å². The second kappa shape index (κ2) is 4.17. The van der Waals surface area contributed by atoms with Gasteiger partial charge in [-0.3, -0.25) is 9.59 Å². The van der Waals surface area contributed by atoms with Crippen molar-refractivity contribution in [1.82, 2.24) is 0 Å². The average Bonchev–Trinajstić information content (AvgIpc) is 2.62. The zero-order valence-electron chi connectivity index (χ0n) is 9.32. The summed E-state index contributed by atoms with van der Waals surface area (Å²) in [5.41, 5.74) is -0.975. The van der Waals surface area contributed by atoms with Crippen molar-refractivity contribution in [3.8, 4) is 0 Å². The maximum atomic E-state index is 11.5. The molecule has 0 aromatic heterocycles. The Morgan fingerprint density at radius 2 is 2.00 bits per heavy atom. The van der Waals surface area contributed by atoms with Gasteiger partial charge in [0.2, 0.25) is 0 Å². The number of Topliss-reactive ketones (excluding diaryl/α,β-unsaturated/α-hetero) is 1. The highest BCUT2D eigenvalue weighted by molar-refractivity contribution is 5.90. The molecule has 3 unspecified atom stereocenters. The molecule has 16 heavy (non-hydrogen) atoms. The topological polar surface area (TPSA) is 74.6 Å². The quantitative estimate of drug-likeness (QED) is 0.745. The summed E-state index contributed by atoms with van der Waals surface area (Å²) in [5.74, 6) is -1.10. The molecule has 0 spiro atoms. The molecule has 0 radical (unpaired) electrons. The van der Waals surface area contributed by atoms with Crippen molar-refractivity contribution in [3.05, 3.63) is 0 Å². The highest BCUT2D eigenvalue weighted by Gasteiger charge is 2.53. The number of carboxylic acids is 1. The molecule has 2 aliphatic rings. The van der Waals surface area contributed by atoms with E-state index in [0.29, 0.717) is 19.3 Å². The predicted octanol–water partition coefficient (Wildman–Crippen LogP) is 1.36. The first-order chi connectivity index (χ1) is 7.56. The van der Waals surface area contributed by atoms with Crippen molar-refractivity contribution in [3.63, 3.8) is 0 Å². The number of aliphatic hydroxyl groups excluding tert-OH is 1. The Balaban J connectivity index is 2.25. The van der Waals surface area contributed by atoms with E-state index in [9.17, 15) is 19.8 Å². The van der Waals surface area contributed by atoms with Gasteiger partial charge in [0.15, 0.2) is 0 Å². The van der Waals surface area contributed by atoms with Crippen molar-refractivity contribution in [2.45, 2.75) is 51.0 Å². The molecule has 0 aromatic carbocycles. The fraction of sp³-hybridized carbons (Fsp3) is 0.833. The van der Waals surface area contributed by atoms with Crippen LogP contribution >= 0.6 is 0 Å². The predicted molar refractivity (Wildman–Crippen MR) is 56.9 cm³/mol. The number of hydrogen-bond donors (Lipinski definition) is 2. The summed E-state index contributed by atoms with van der Waals surface area (Å²) in [4.78, 5) is 22.8. The lowest BCUT2D eigenvalue weighted by atomic mass is 9.66. The number of carbonyl (C=O) groups excluding carboxylic acids is 1. The van der Waals surface area contributed by atoms with Crippen LogP contribution in [0.5, 0.6) is 0 Å². The molecule has 0 saturated heterocycles. The molecule has 4 nitrogen and oxygen atoms in total. The average molecular weight is 226 g/mol. The number of aliphatic carboxylic acids is 1. The van der Waals surface area contributed by atoms with Crippen LogP contribution in [0, 0.1) is 11.3 Å². The van der Waals surface area contributed by atoms with E-state index in [2.05, 4.69) is 0 Å². The number of carboxylic acid groups (broad SMARTS) is 1. The van der Waals surface area contributed by atoms with Gasteiger partial charge in [-0.2, -0.15) is 0 Å². The van der Waals surface area contributed by atoms with Crippen molar-refractivity contribution < 1.29 is 19.8 Å². The van der Waals surface area contributed by atoms with Crippen LogP contribution in [0.4, 0.5) is 0 Å². The SMILES string of the molecule is O=C1CCC(C(=O)O)(C2CCCCC2O)C1. The van der Waals surface area contributed by atoms with Crippen LogP contribution in [-0.2, 0) is 9.59 Å². The van der Waals surface area contributed by atoms with E-state index in [4.69, 9.17) is 0 Å². The molecular weight excluding hydrogens is 208 g/mol. The maximum absolute atomic E-state index is 11.5. The highest BCUT2D eigenvalue weighted by atomic mass is 16.4. The van der Waals surface area contributed by atoms with Crippen molar-refractivity contribution in [1.29, 1.82) is 0 Å². The minimum atomic E-state index is -0.975. The highest BCUT2D eigenvalue weighted by Crippen LogP contribution is 2.48. The fourth-order valence-electron chi connectivity index (χ4n) is 3.30. The first-order valence-corrected chi connectivity index (χ1v) is 5.99. The minimum Gasteiger partial charge on any atom is -0.481 e. The van der Waals surface area contributed by atoms with Crippen LogP contribution in [-0.4, -0.2) is 28.1 Å². The number of hydrogen-bond acceptors (Lipinski definition) is 3. The zero-order valence-corrected chi connectivity index (χ0v) is 9.32. The lowest BCUT2D eigenvalue weighted by molar-refractivity contribution is -0.158. The van der Waals surface area contributed by atoms with Crippen LogP contribution in [0.25, 0.3) is 0 Å². The Morgan fingerprint density at radius 3 is 2.50 bits per heavy atom. The molecule has 3 atom stereocenters.